The highest BCUT2D eigenvalue weighted by molar-refractivity contribution is 5.87. The number of morpholine rings is 2. The minimum atomic E-state index is 0.152. The first-order chi connectivity index (χ1) is 13.7. The molecule has 2 aliphatic heterocycles. The molecule has 0 radical (unpaired) electrons. The Labute approximate surface area is 162 Å². The predicted octanol–water partition coefficient (Wildman–Crippen LogP) is 1.19. The van der Waals surface area contributed by atoms with E-state index in [2.05, 4.69) is 38.8 Å². The molecular formula is C18H24N8O2. The topological polar surface area (TPSA) is 108 Å². The Hall–Kier alpha value is -2.72. The zero-order chi connectivity index (χ0) is 19.1. The van der Waals surface area contributed by atoms with Crippen LogP contribution in [0.4, 0.5) is 11.8 Å². The van der Waals surface area contributed by atoms with Gasteiger partial charge in [-0.3, -0.25) is 5.10 Å². The molecule has 2 atom stereocenters. The molecule has 0 spiro atoms. The number of nitrogens with one attached hydrogen (secondary N) is 2. The van der Waals surface area contributed by atoms with Gasteiger partial charge in [-0.25, -0.2) is 4.98 Å². The first-order valence-electron chi connectivity index (χ1n) is 9.67. The van der Waals surface area contributed by atoms with E-state index in [1.807, 2.05) is 6.07 Å². The summed E-state index contributed by atoms with van der Waals surface area (Å²) in [6, 6.07) is 2.10. The predicted molar refractivity (Wildman–Crippen MR) is 105 cm³/mol. The Bertz CT molecular complexity index is 956. The number of anilines is 2. The molecule has 2 aliphatic rings. The fourth-order valence-corrected chi connectivity index (χ4v) is 3.78. The van der Waals surface area contributed by atoms with Crippen molar-refractivity contribution in [2.75, 3.05) is 49.3 Å². The third kappa shape index (κ3) is 3.08. The number of ether oxygens (including phenoxy) is 2. The minimum absolute atomic E-state index is 0.152. The monoisotopic (exact) mass is 384 g/mol. The van der Waals surface area contributed by atoms with Gasteiger partial charge in [0.1, 0.15) is 11.2 Å². The largest absolute Gasteiger partial charge is 0.377 e. The maximum Gasteiger partial charge on any atom is 0.229 e. The van der Waals surface area contributed by atoms with Crippen LogP contribution in [0, 0.1) is 0 Å². The van der Waals surface area contributed by atoms with Gasteiger partial charge in [-0.2, -0.15) is 15.1 Å². The molecule has 0 aliphatic carbocycles. The summed E-state index contributed by atoms with van der Waals surface area (Å²) in [5.74, 6) is 2.27. The number of imidazole rings is 1. The Morgan fingerprint density at radius 2 is 2.07 bits per heavy atom. The second-order valence-corrected chi connectivity index (χ2v) is 7.35. The van der Waals surface area contributed by atoms with Crippen molar-refractivity contribution in [1.29, 1.82) is 0 Å². The summed E-state index contributed by atoms with van der Waals surface area (Å²) >= 11 is 0. The zero-order valence-electron chi connectivity index (χ0n) is 16.1. The summed E-state index contributed by atoms with van der Waals surface area (Å²) in [5, 5.41) is 6.97. The summed E-state index contributed by atoms with van der Waals surface area (Å²) in [6.45, 7) is 8.57. The summed E-state index contributed by atoms with van der Waals surface area (Å²) in [4.78, 5) is 22.3. The van der Waals surface area contributed by atoms with E-state index in [1.54, 1.807) is 6.20 Å². The molecule has 2 fully saturated rings. The van der Waals surface area contributed by atoms with Gasteiger partial charge in [-0.15, -0.1) is 0 Å². The maximum absolute atomic E-state index is 5.72. The summed E-state index contributed by atoms with van der Waals surface area (Å²) < 4.78 is 11.3. The number of fused-ring (bicyclic) bond motifs is 1. The van der Waals surface area contributed by atoms with Crippen LogP contribution in [0.15, 0.2) is 12.3 Å². The molecule has 10 nitrogen and oxygen atoms in total. The molecule has 5 heterocycles. The Balaban J connectivity index is 1.63. The lowest BCUT2D eigenvalue weighted by molar-refractivity contribution is 0.0530. The third-order valence-corrected chi connectivity index (χ3v) is 5.24. The van der Waals surface area contributed by atoms with Gasteiger partial charge in [0.15, 0.2) is 17.3 Å². The van der Waals surface area contributed by atoms with Crippen LogP contribution in [0.25, 0.3) is 22.7 Å². The van der Waals surface area contributed by atoms with Crippen molar-refractivity contribution in [3.05, 3.63) is 12.3 Å². The molecular weight excluding hydrogens is 360 g/mol. The van der Waals surface area contributed by atoms with E-state index in [4.69, 9.17) is 24.4 Å². The van der Waals surface area contributed by atoms with E-state index in [0.717, 1.165) is 36.7 Å². The normalized spacial score (nSPS) is 23.5. The molecule has 0 aromatic carbocycles. The van der Waals surface area contributed by atoms with Crippen LogP contribution in [0.1, 0.15) is 13.8 Å². The van der Waals surface area contributed by atoms with Crippen LogP contribution in [0.3, 0.4) is 0 Å². The molecule has 10 heteroatoms. The molecule has 0 bridgehead atoms. The van der Waals surface area contributed by atoms with Crippen molar-refractivity contribution in [1.82, 2.24) is 30.1 Å². The van der Waals surface area contributed by atoms with Gasteiger partial charge in [0, 0.05) is 25.8 Å². The first kappa shape index (κ1) is 17.4. The van der Waals surface area contributed by atoms with E-state index in [0.29, 0.717) is 37.2 Å². The SMILES string of the molecule is CC1CN(c2nc(N3CCOCC3C)nc3nc(-c4ccn[nH]4)[nH]c23)CCO1. The molecule has 148 valence electrons. The fraction of sp³-hybridized carbons (Fsp3) is 0.556. The number of rotatable bonds is 3. The van der Waals surface area contributed by atoms with Gasteiger partial charge in [0.05, 0.1) is 32.0 Å². The number of H-pyrrole nitrogens is 2. The van der Waals surface area contributed by atoms with E-state index < -0.39 is 0 Å². The number of hydrogen-bond donors (Lipinski definition) is 2. The molecule has 3 aromatic heterocycles. The van der Waals surface area contributed by atoms with Crippen molar-refractivity contribution in [2.24, 2.45) is 0 Å². The van der Waals surface area contributed by atoms with E-state index in [1.165, 1.54) is 0 Å². The van der Waals surface area contributed by atoms with Gasteiger partial charge in [-0.1, -0.05) is 0 Å². The van der Waals surface area contributed by atoms with Crippen molar-refractivity contribution in [3.63, 3.8) is 0 Å². The lowest BCUT2D eigenvalue weighted by Gasteiger charge is -2.35. The van der Waals surface area contributed by atoms with Gasteiger partial charge in [0.2, 0.25) is 5.95 Å². The molecule has 2 unspecified atom stereocenters. The van der Waals surface area contributed by atoms with Gasteiger partial charge in [-0.05, 0) is 19.9 Å². The molecule has 28 heavy (non-hydrogen) atoms. The molecule has 0 saturated carbocycles. The molecule has 2 N–H and O–H groups in total. The van der Waals surface area contributed by atoms with Crippen LogP contribution in [-0.4, -0.2) is 81.7 Å². The number of aromatic nitrogens is 6. The standard InChI is InChI=1S/C18H24N8O2/c1-11-10-27-7-6-26(11)18-22-16-14(20-15(21-16)13-3-4-19-24-13)17(23-18)25-5-8-28-12(2)9-25/h3-4,11-12H,5-10H2,1-2H3,(H,19,24)(H,20,21,22,23). The number of hydrogen-bond acceptors (Lipinski definition) is 8. The van der Waals surface area contributed by atoms with Crippen molar-refractivity contribution < 1.29 is 9.47 Å². The van der Waals surface area contributed by atoms with Gasteiger partial charge < -0.3 is 24.3 Å². The summed E-state index contributed by atoms with van der Waals surface area (Å²) in [5.41, 5.74) is 2.31. The van der Waals surface area contributed by atoms with E-state index >= 15 is 0 Å². The average molecular weight is 384 g/mol. The first-order valence-corrected chi connectivity index (χ1v) is 9.67. The Morgan fingerprint density at radius 3 is 2.86 bits per heavy atom. The molecule has 3 aromatic rings. The summed E-state index contributed by atoms with van der Waals surface area (Å²) in [7, 11) is 0. The highest BCUT2D eigenvalue weighted by atomic mass is 16.5. The van der Waals surface area contributed by atoms with Crippen molar-refractivity contribution in [3.8, 4) is 11.5 Å². The fourth-order valence-electron chi connectivity index (χ4n) is 3.78. The Kier molecular flexibility index (Phi) is 4.36. The molecule has 5 rings (SSSR count). The van der Waals surface area contributed by atoms with E-state index in [-0.39, 0.29) is 12.1 Å². The van der Waals surface area contributed by atoms with Gasteiger partial charge in [0.25, 0.3) is 0 Å². The van der Waals surface area contributed by atoms with Crippen LogP contribution >= 0.6 is 0 Å². The van der Waals surface area contributed by atoms with Crippen LogP contribution in [0.2, 0.25) is 0 Å². The second kappa shape index (κ2) is 7.02. The average Bonchev–Trinajstić information content (AvgIpc) is 3.37. The minimum Gasteiger partial charge on any atom is -0.377 e. The quantitative estimate of drug-likeness (QED) is 0.693. The maximum atomic E-state index is 5.72. The highest BCUT2D eigenvalue weighted by Crippen LogP contribution is 2.29. The lowest BCUT2D eigenvalue weighted by atomic mass is 10.2. The van der Waals surface area contributed by atoms with Crippen molar-refractivity contribution >= 4 is 22.9 Å². The lowest BCUT2D eigenvalue weighted by Crippen LogP contribution is -2.45. The number of aromatic amines is 2. The third-order valence-electron chi connectivity index (χ3n) is 5.24. The van der Waals surface area contributed by atoms with Gasteiger partial charge >= 0.3 is 0 Å². The van der Waals surface area contributed by atoms with Crippen molar-refractivity contribution in [2.45, 2.75) is 26.0 Å². The van der Waals surface area contributed by atoms with Crippen LogP contribution in [0.5, 0.6) is 0 Å². The Morgan fingerprint density at radius 1 is 1.14 bits per heavy atom. The zero-order valence-corrected chi connectivity index (χ0v) is 16.1. The van der Waals surface area contributed by atoms with Crippen LogP contribution < -0.4 is 9.80 Å². The molecule has 0 amide bonds. The molecule has 2 saturated heterocycles. The highest BCUT2D eigenvalue weighted by Gasteiger charge is 2.27. The smallest absolute Gasteiger partial charge is 0.229 e. The second-order valence-electron chi connectivity index (χ2n) is 7.35. The van der Waals surface area contributed by atoms with E-state index in [9.17, 15) is 0 Å². The van der Waals surface area contributed by atoms with Crippen LogP contribution in [-0.2, 0) is 9.47 Å². The summed E-state index contributed by atoms with van der Waals surface area (Å²) in [6.07, 6.45) is 1.86. The number of nitrogens with zero attached hydrogens (tertiary/aromatic N) is 6.